The predicted octanol–water partition coefficient (Wildman–Crippen LogP) is 4.80. The van der Waals surface area contributed by atoms with Gasteiger partial charge in [-0.1, -0.05) is 41.5 Å². The van der Waals surface area contributed by atoms with Gasteiger partial charge in [-0.25, -0.2) is 4.98 Å². The van der Waals surface area contributed by atoms with E-state index in [9.17, 15) is 0 Å². The van der Waals surface area contributed by atoms with E-state index in [0.29, 0.717) is 5.92 Å². The molecule has 0 amide bonds. The third-order valence-electron chi connectivity index (χ3n) is 2.50. The molecule has 1 heterocycles. The molecule has 0 fully saturated rings. The van der Waals surface area contributed by atoms with Gasteiger partial charge in [0.15, 0.2) is 4.34 Å². The van der Waals surface area contributed by atoms with Crippen LogP contribution in [0.2, 0.25) is 0 Å². The van der Waals surface area contributed by atoms with Gasteiger partial charge in [-0.15, -0.1) is 11.3 Å². The molecule has 0 spiro atoms. The number of halogens is 1. The van der Waals surface area contributed by atoms with E-state index in [0.717, 1.165) is 21.9 Å². The van der Waals surface area contributed by atoms with Crippen LogP contribution in [0.25, 0.3) is 0 Å². The van der Waals surface area contributed by atoms with E-state index in [4.69, 9.17) is 0 Å². The van der Waals surface area contributed by atoms with Crippen LogP contribution in [-0.2, 0) is 6.54 Å². The van der Waals surface area contributed by atoms with Crippen LogP contribution >= 0.6 is 39.0 Å². The molecular formula is C14H17BrN2S2. The molecule has 2 nitrogen and oxygen atoms in total. The molecule has 0 aliphatic heterocycles. The third-order valence-corrected chi connectivity index (χ3v) is 4.99. The van der Waals surface area contributed by atoms with E-state index in [2.05, 4.69) is 58.3 Å². The molecule has 0 atom stereocenters. The number of rotatable bonds is 6. The molecule has 5 heteroatoms. The summed E-state index contributed by atoms with van der Waals surface area (Å²) in [5, 5.41) is 5.51. The van der Waals surface area contributed by atoms with E-state index >= 15 is 0 Å². The number of nitrogens with zero attached hydrogens (tertiary/aromatic N) is 1. The van der Waals surface area contributed by atoms with E-state index in [-0.39, 0.29) is 0 Å². The van der Waals surface area contributed by atoms with E-state index < -0.39 is 0 Å². The largest absolute Gasteiger partial charge is 0.312 e. The van der Waals surface area contributed by atoms with E-state index in [1.54, 1.807) is 23.1 Å². The zero-order valence-electron chi connectivity index (χ0n) is 11.0. The van der Waals surface area contributed by atoms with Gasteiger partial charge in [0, 0.05) is 27.5 Å². The van der Waals surface area contributed by atoms with Gasteiger partial charge < -0.3 is 5.32 Å². The van der Waals surface area contributed by atoms with Crippen molar-refractivity contribution in [1.82, 2.24) is 10.3 Å². The number of thiazole rings is 1. The van der Waals surface area contributed by atoms with Gasteiger partial charge in [0.25, 0.3) is 0 Å². The van der Waals surface area contributed by atoms with Crippen molar-refractivity contribution in [2.24, 2.45) is 5.92 Å². The molecule has 2 rings (SSSR count). The lowest BCUT2D eigenvalue weighted by atomic mass is 10.2. The first-order valence-electron chi connectivity index (χ1n) is 6.21. The van der Waals surface area contributed by atoms with Gasteiger partial charge in [0.05, 0.1) is 0 Å². The van der Waals surface area contributed by atoms with Crippen molar-refractivity contribution in [1.29, 1.82) is 0 Å². The topological polar surface area (TPSA) is 24.9 Å². The number of hydrogen-bond acceptors (Lipinski definition) is 4. The van der Waals surface area contributed by atoms with Crippen molar-refractivity contribution < 1.29 is 0 Å². The van der Waals surface area contributed by atoms with Crippen LogP contribution in [0.4, 0.5) is 0 Å². The minimum Gasteiger partial charge on any atom is -0.312 e. The van der Waals surface area contributed by atoms with Crippen molar-refractivity contribution in [3.63, 3.8) is 0 Å². The molecule has 0 saturated heterocycles. The van der Waals surface area contributed by atoms with Crippen LogP contribution in [0.3, 0.4) is 0 Å². The second kappa shape index (κ2) is 7.43. The molecule has 0 bridgehead atoms. The predicted molar refractivity (Wildman–Crippen MR) is 86.9 cm³/mol. The number of nitrogens with one attached hydrogen (secondary N) is 1. The first kappa shape index (κ1) is 15.0. The van der Waals surface area contributed by atoms with Gasteiger partial charge in [0.1, 0.15) is 0 Å². The summed E-state index contributed by atoms with van der Waals surface area (Å²) in [5.74, 6) is 0.669. The van der Waals surface area contributed by atoms with Crippen molar-refractivity contribution in [2.45, 2.75) is 29.6 Å². The Kier molecular flexibility index (Phi) is 5.88. The van der Waals surface area contributed by atoms with Gasteiger partial charge in [-0.2, -0.15) is 0 Å². The van der Waals surface area contributed by atoms with E-state index in [1.165, 1.54) is 10.5 Å². The van der Waals surface area contributed by atoms with Crippen LogP contribution in [0.15, 0.2) is 43.5 Å². The maximum atomic E-state index is 4.33. The Labute approximate surface area is 131 Å². The van der Waals surface area contributed by atoms with E-state index in [1.807, 2.05) is 11.6 Å². The molecule has 19 heavy (non-hydrogen) atoms. The zero-order chi connectivity index (χ0) is 13.7. The summed E-state index contributed by atoms with van der Waals surface area (Å²) in [6.45, 7) is 6.37. The average Bonchev–Trinajstić information content (AvgIpc) is 2.85. The van der Waals surface area contributed by atoms with Crippen LogP contribution < -0.4 is 5.32 Å². The summed E-state index contributed by atoms with van der Waals surface area (Å²) in [4.78, 5) is 5.61. The molecule has 1 aromatic heterocycles. The second-order valence-corrected chi connectivity index (χ2v) is 7.78. The minimum absolute atomic E-state index is 0.669. The highest BCUT2D eigenvalue weighted by Gasteiger charge is 2.07. The first-order chi connectivity index (χ1) is 9.15. The van der Waals surface area contributed by atoms with Crippen LogP contribution in [0.1, 0.15) is 19.4 Å². The van der Waals surface area contributed by atoms with Crippen molar-refractivity contribution >= 4 is 39.0 Å². The van der Waals surface area contributed by atoms with Crippen LogP contribution in [-0.4, -0.2) is 11.5 Å². The van der Waals surface area contributed by atoms with Crippen molar-refractivity contribution in [3.05, 3.63) is 39.8 Å². The highest BCUT2D eigenvalue weighted by Crippen LogP contribution is 2.33. The Balaban J connectivity index is 2.08. The standard InChI is InChI=1S/C14H17BrN2S2/c1-10(2)8-16-9-11-7-12(15)3-4-13(11)19-14-17-5-6-18-14/h3-7,10,16H,8-9H2,1-2H3. The summed E-state index contributed by atoms with van der Waals surface area (Å²) in [6.07, 6.45) is 1.85. The second-order valence-electron chi connectivity index (χ2n) is 4.68. The summed E-state index contributed by atoms with van der Waals surface area (Å²) in [6, 6.07) is 6.42. The zero-order valence-corrected chi connectivity index (χ0v) is 14.2. The molecule has 102 valence electrons. The summed E-state index contributed by atoms with van der Waals surface area (Å²) in [7, 11) is 0. The lowest BCUT2D eigenvalue weighted by molar-refractivity contribution is 0.550. The Bertz CT molecular complexity index is 512. The Morgan fingerprint density at radius 1 is 1.42 bits per heavy atom. The average molecular weight is 357 g/mol. The molecule has 0 radical (unpaired) electrons. The molecule has 0 saturated carbocycles. The summed E-state index contributed by atoms with van der Waals surface area (Å²) < 4.78 is 2.21. The SMILES string of the molecule is CC(C)CNCc1cc(Br)ccc1Sc1nccs1. The number of hydrogen-bond donors (Lipinski definition) is 1. The number of benzene rings is 1. The van der Waals surface area contributed by atoms with Crippen molar-refractivity contribution in [3.8, 4) is 0 Å². The summed E-state index contributed by atoms with van der Waals surface area (Å²) >= 11 is 6.96. The molecule has 0 aliphatic rings. The fourth-order valence-corrected chi connectivity index (χ4v) is 3.73. The molecule has 0 aliphatic carbocycles. The first-order valence-corrected chi connectivity index (χ1v) is 8.70. The maximum absolute atomic E-state index is 4.33. The maximum Gasteiger partial charge on any atom is 0.154 e. The minimum atomic E-state index is 0.669. The van der Waals surface area contributed by atoms with Gasteiger partial charge in [-0.3, -0.25) is 0 Å². The fraction of sp³-hybridized carbons (Fsp3) is 0.357. The Morgan fingerprint density at radius 3 is 2.95 bits per heavy atom. The fourth-order valence-electron chi connectivity index (χ4n) is 1.64. The van der Waals surface area contributed by atoms with Gasteiger partial charge in [-0.05, 0) is 36.2 Å². The normalized spacial score (nSPS) is 11.2. The molecule has 0 unspecified atom stereocenters. The highest BCUT2D eigenvalue weighted by atomic mass is 79.9. The lowest BCUT2D eigenvalue weighted by Gasteiger charge is -2.11. The van der Waals surface area contributed by atoms with Gasteiger partial charge in [0.2, 0.25) is 0 Å². The van der Waals surface area contributed by atoms with Crippen LogP contribution in [0, 0.1) is 5.92 Å². The highest BCUT2D eigenvalue weighted by molar-refractivity contribution is 9.10. The van der Waals surface area contributed by atoms with Crippen LogP contribution in [0.5, 0.6) is 0 Å². The lowest BCUT2D eigenvalue weighted by Crippen LogP contribution is -2.19. The summed E-state index contributed by atoms with van der Waals surface area (Å²) in [5.41, 5.74) is 1.32. The molecular weight excluding hydrogens is 340 g/mol. The number of aromatic nitrogens is 1. The Morgan fingerprint density at radius 2 is 2.26 bits per heavy atom. The quantitative estimate of drug-likeness (QED) is 0.804. The van der Waals surface area contributed by atoms with Gasteiger partial charge >= 0.3 is 0 Å². The Hall–Kier alpha value is -0.360. The molecule has 1 aromatic carbocycles. The monoisotopic (exact) mass is 356 g/mol. The van der Waals surface area contributed by atoms with Crippen molar-refractivity contribution in [2.75, 3.05) is 6.54 Å². The molecule has 2 aromatic rings. The molecule has 1 N–H and O–H groups in total. The smallest absolute Gasteiger partial charge is 0.154 e. The third kappa shape index (κ3) is 4.91.